The average Bonchev–Trinajstić information content (AvgIpc) is 2.85. The van der Waals surface area contributed by atoms with Crippen molar-refractivity contribution in [2.45, 2.75) is 47.0 Å². The number of carbonyl (C=O) groups is 3. The normalized spacial score (nSPS) is 16.6. The number of ether oxygens (including phenoxy) is 1. The van der Waals surface area contributed by atoms with E-state index in [0.29, 0.717) is 17.4 Å². The number of anilines is 1. The molecule has 10 heteroatoms. The van der Waals surface area contributed by atoms with Gasteiger partial charge in [0.25, 0.3) is 5.91 Å². The number of rotatable bonds is 10. The smallest absolute Gasteiger partial charge is 0.331 e. The summed E-state index contributed by atoms with van der Waals surface area (Å²) in [5.74, 6) is -0.676. The first-order valence-electron chi connectivity index (χ1n) is 11.9. The molecule has 192 valence electrons. The van der Waals surface area contributed by atoms with Crippen molar-refractivity contribution >= 4 is 23.7 Å². The van der Waals surface area contributed by atoms with Crippen LogP contribution in [0.15, 0.2) is 47.6 Å². The van der Waals surface area contributed by atoms with Crippen LogP contribution < -0.4 is 15.4 Å². The quantitative estimate of drug-likeness (QED) is 0.469. The predicted octanol–water partition coefficient (Wildman–Crippen LogP) is 4.47. The number of nitrogens with one attached hydrogen (secondary N) is 2. The second-order valence-electron chi connectivity index (χ2n) is 9.46. The Labute approximate surface area is 211 Å². The van der Waals surface area contributed by atoms with E-state index in [0.717, 1.165) is 28.0 Å². The third-order valence-corrected chi connectivity index (χ3v) is 5.95. The first-order valence-corrected chi connectivity index (χ1v) is 11.9. The molecule has 2 aromatic carbocycles. The van der Waals surface area contributed by atoms with Crippen molar-refractivity contribution < 1.29 is 19.1 Å². The fraction of sp³-hybridized carbons (Fsp3) is 0.423. The van der Waals surface area contributed by atoms with Crippen molar-refractivity contribution in [1.82, 2.24) is 15.1 Å². The number of methoxy groups -OCH3 is 1. The standard InChI is InChI=1S/C26H33N5O5/c1-16(2)12-20-10-11-21(13-22(20)36-5)27-24-28-25(33)31(14-18(4)23(32)29-35)26(34)30(24)15-19-8-6-17(3)7-9-19/h6-11,13,16,18,24,27H,12,14-15H2,1-5H3,(H,28,33)/t18-,24?/m0/s1. The van der Waals surface area contributed by atoms with E-state index in [4.69, 9.17) is 4.74 Å². The van der Waals surface area contributed by atoms with Crippen LogP contribution in [0, 0.1) is 23.7 Å². The molecular weight excluding hydrogens is 462 g/mol. The van der Waals surface area contributed by atoms with Crippen molar-refractivity contribution in [1.29, 1.82) is 0 Å². The Morgan fingerprint density at radius 2 is 1.83 bits per heavy atom. The van der Waals surface area contributed by atoms with Gasteiger partial charge in [0.15, 0.2) is 6.29 Å². The number of amides is 5. The Balaban J connectivity index is 1.89. The summed E-state index contributed by atoms with van der Waals surface area (Å²) < 4.78 is 5.56. The molecule has 1 unspecified atom stereocenters. The van der Waals surface area contributed by atoms with E-state index in [2.05, 4.69) is 29.7 Å². The first kappa shape index (κ1) is 26.7. The molecule has 1 aliphatic heterocycles. The number of nitrogens with zero attached hydrogens (tertiary/aromatic N) is 3. The fourth-order valence-corrected chi connectivity index (χ4v) is 3.99. The Hall–Kier alpha value is -3.95. The number of carbonyl (C=O) groups excluding carboxylic acids is 3. The highest BCUT2D eigenvalue weighted by molar-refractivity contribution is 5.97. The van der Waals surface area contributed by atoms with Gasteiger partial charge in [-0.15, -0.1) is 4.91 Å². The highest BCUT2D eigenvalue weighted by atomic mass is 16.5. The van der Waals surface area contributed by atoms with Gasteiger partial charge in [-0.2, -0.15) is 0 Å². The van der Waals surface area contributed by atoms with Gasteiger partial charge in [0.05, 0.1) is 19.6 Å². The van der Waals surface area contributed by atoms with E-state index >= 15 is 0 Å². The van der Waals surface area contributed by atoms with Crippen LogP contribution in [-0.2, 0) is 17.8 Å². The van der Waals surface area contributed by atoms with E-state index in [1.54, 1.807) is 7.11 Å². The van der Waals surface area contributed by atoms with E-state index in [1.165, 1.54) is 11.8 Å². The van der Waals surface area contributed by atoms with Gasteiger partial charge in [0.1, 0.15) is 5.75 Å². The summed E-state index contributed by atoms with van der Waals surface area (Å²) in [6.07, 6.45) is -0.0122. The minimum absolute atomic E-state index is 0.199. The molecule has 1 fully saturated rings. The van der Waals surface area contributed by atoms with Gasteiger partial charge < -0.3 is 10.1 Å². The Kier molecular flexibility index (Phi) is 8.63. The molecule has 1 aliphatic rings. The topological polar surface area (TPSA) is 120 Å². The largest absolute Gasteiger partial charge is 0.496 e. The van der Waals surface area contributed by atoms with Gasteiger partial charge in [-0.3, -0.25) is 15.0 Å². The number of hydrogen-bond donors (Lipinski definition) is 2. The summed E-state index contributed by atoms with van der Waals surface area (Å²) in [6.45, 7) is 7.61. The van der Waals surface area contributed by atoms with Gasteiger partial charge in [-0.05, 0) is 36.5 Å². The Morgan fingerprint density at radius 1 is 1.14 bits per heavy atom. The maximum atomic E-state index is 13.5. The van der Waals surface area contributed by atoms with Crippen LogP contribution >= 0.6 is 0 Å². The summed E-state index contributed by atoms with van der Waals surface area (Å²) >= 11 is 0. The lowest BCUT2D eigenvalue weighted by atomic mass is 10.0. The van der Waals surface area contributed by atoms with Gasteiger partial charge in [0.2, 0.25) is 0 Å². The number of benzene rings is 2. The van der Waals surface area contributed by atoms with Crippen LogP contribution in [-0.4, -0.2) is 47.7 Å². The molecule has 0 aliphatic carbocycles. The maximum Gasteiger partial charge on any atom is 0.331 e. The molecule has 2 aromatic rings. The van der Waals surface area contributed by atoms with E-state index in [9.17, 15) is 19.3 Å². The van der Waals surface area contributed by atoms with Crippen molar-refractivity contribution in [3.05, 3.63) is 64.1 Å². The highest BCUT2D eigenvalue weighted by Crippen LogP contribution is 2.27. The predicted molar refractivity (Wildman–Crippen MR) is 136 cm³/mol. The average molecular weight is 496 g/mol. The summed E-state index contributed by atoms with van der Waals surface area (Å²) in [4.78, 5) is 51.0. The van der Waals surface area contributed by atoms with Crippen molar-refractivity contribution in [2.24, 2.45) is 17.0 Å². The third-order valence-electron chi connectivity index (χ3n) is 5.95. The number of aryl methyl sites for hydroxylation is 1. The lowest BCUT2D eigenvalue weighted by Gasteiger charge is -2.41. The van der Waals surface area contributed by atoms with Crippen LogP contribution in [0.3, 0.4) is 0 Å². The highest BCUT2D eigenvalue weighted by Gasteiger charge is 2.39. The zero-order valence-corrected chi connectivity index (χ0v) is 21.3. The van der Waals surface area contributed by atoms with Crippen LogP contribution in [0.1, 0.15) is 37.5 Å². The Bertz CT molecular complexity index is 1120. The number of hydrogen-bond acceptors (Lipinski definition) is 6. The van der Waals surface area contributed by atoms with Crippen LogP contribution in [0.2, 0.25) is 0 Å². The molecule has 10 nitrogen and oxygen atoms in total. The molecule has 0 spiro atoms. The molecule has 0 aromatic heterocycles. The van der Waals surface area contributed by atoms with Crippen molar-refractivity contribution in [3.8, 4) is 5.75 Å². The Morgan fingerprint density at radius 3 is 2.44 bits per heavy atom. The molecule has 0 saturated carbocycles. The van der Waals surface area contributed by atoms with Gasteiger partial charge >= 0.3 is 12.1 Å². The lowest BCUT2D eigenvalue weighted by Crippen LogP contribution is -2.67. The number of imide groups is 1. The fourth-order valence-electron chi connectivity index (χ4n) is 3.99. The summed E-state index contributed by atoms with van der Waals surface area (Å²) in [6, 6.07) is 12.1. The van der Waals surface area contributed by atoms with E-state index in [1.807, 2.05) is 49.4 Å². The molecule has 36 heavy (non-hydrogen) atoms. The molecule has 2 atom stereocenters. The summed E-state index contributed by atoms with van der Waals surface area (Å²) in [5, 5.41) is 8.43. The monoisotopic (exact) mass is 495 g/mol. The molecule has 5 amide bonds. The van der Waals surface area contributed by atoms with Gasteiger partial charge in [0, 0.05) is 23.5 Å². The van der Waals surface area contributed by atoms with Crippen LogP contribution in [0.25, 0.3) is 0 Å². The lowest BCUT2D eigenvalue weighted by molar-refractivity contribution is -0.121. The van der Waals surface area contributed by atoms with Gasteiger partial charge in [-0.25, -0.2) is 14.5 Å². The molecule has 0 bridgehead atoms. The molecule has 3 rings (SSSR count). The minimum Gasteiger partial charge on any atom is -0.496 e. The van der Waals surface area contributed by atoms with E-state index in [-0.39, 0.29) is 13.1 Å². The van der Waals surface area contributed by atoms with E-state index < -0.39 is 30.2 Å². The second-order valence-corrected chi connectivity index (χ2v) is 9.46. The van der Waals surface area contributed by atoms with Crippen molar-refractivity contribution in [2.75, 3.05) is 19.0 Å². The molecule has 1 saturated heterocycles. The number of nitroso groups, excluding NO2 is 1. The third kappa shape index (κ3) is 6.38. The number of urea groups is 2. The second kappa shape index (κ2) is 11.7. The summed E-state index contributed by atoms with van der Waals surface area (Å²) in [7, 11) is 1.60. The minimum atomic E-state index is -0.922. The first-order chi connectivity index (χ1) is 17.1. The zero-order chi connectivity index (χ0) is 26.4. The van der Waals surface area contributed by atoms with Crippen LogP contribution in [0.5, 0.6) is 5.75 Å². The molecular formula is C26H33N5O5. The molecule has 2 N–H and O–H groups in total. The maximum absolute atomic E-state index is 13.5. The zero-order valence-electron chi connectivity index (χ0n) is 21.3. The molecule has 1 heterocycles. The summed E-state index contributed by atoms with van der Waals surface area (Å²) in [5.41, 5.74) is 3.66. The molecule has 0 radical (unpaired) electrons. The van der Waals surface area contributed by atoms with Crippen LogP contribution in [0.4, 0.5) is 15.3 Å². The van der Waals surface area contributed by atoms with Crippen molar-refractivity contribution in [3.63, 3.8) is 0 Å². The SMILES string of the molecule is COc1cc(NC2NC(=O)N(C[C@H](C)C(=O)N=O)C(=O)N2Cc2ccc(C)cc2)ccc1CC(C)C. The van der Waals surface area contributed by atoms with Gasteiger partial charge in [-0.1, -0.05) is 56.7 Å².